The van der Waals surface area contributed by atoms with Crippen molar-refractivity contribution in [1.29, 1.82) is 0 Å². The van der Waals surface area contributed by atoms with Crippen LogP contribution >= 0.6 is 23.1 Å². The van der Waals surface area contributed by atoms with Crippen LogP contribution in [-0.2, 0) is 12.0 Å². The maximum absolute atomic E-state index is 4.84. The lowest BCUT2D eigenvalue weighted by atomic mass is 9.93. The van der Waals surface area contributed by atoms with E-state index in [2.05, 4.69) is 38.0 Å². The fourth-order valence-electron chi connectivity index (χ4n) is 2.25. The van der Waals surface area contributed by atoms with Crippen molar-refractivity contribution in [2.45, 2.75) is 38.6 Å². The molecule has 0 atom stereocenters. The van der Waals surface area contributed by atoms with Crippen molar-refractivity contribution in [3.63, 3.8) is 0 Å². The average molecular weight is 256 g/mol. The molecule has 0 aromatic carbocycles. The molecule has 2 heterocycles. The molecule has 1 aliphatic heterocycles. The van der Waals surface area contributed by atoms with Crippen LogP contribution in [0.2, 0.25) is 0 Å². The second-order valence-electron chi connectivity index (χ2n) is 4.32. The quantitative estimate of drug-likeness (QED) is 0.900. The van der Waals surface area contributed by atoms with Crippen LogP contribution in [0, 0.1) is 6.92 Å². The SMILES string of the molecule is CCc1nc(C2(NC)CCSCC2)sc1C. The Bertz CT molecular complexity index is 354. The summed E-state index contributed by atoms with van der Waals surface area (Å²) in [4.78, 5) is 6.24. The van der Waals surface area contributed by atoms with E-state index < -0.39 is 0 Å². The van der Waals surface area contributed by atoms with Gasteiger partial charge < -0.3 is 5.32 Å². The maximum atomic E-state index is 4.84. The molecule has 0 bridgehead atoms. The van der Waals surface area contributed by atoms with Crippen LogP contribution in [0.4, 0.5) is 0 Å². The van der Waals surface area contributed by atoms with Crippen molar-refractivity contribution in [2.24, 2.45) is 0 Å². The molecule has 16 heavy (non-hydrogen) atoms. The third kappa shape index (κ3) is 2.15. The van der Waals surface area contributed by atoms with E-state index in [0.29, 0.717) is 0 Å². The van der Waals surface area contributed by atoms with Crippen molar-refractivity contribution in [3.05, 3.63) is 15.6 Å². The van der Waals surface area contributed by atoms with Gasteiger partial charge in [-0.3, -0.25) is 0 Å². The molecule has 1 saturated heterocycles. The summed E-state index contributed by atoms with van der Waals surface area (Å²) in [5, 5.41) is 4.84. The molecule has 1 fully saturated rings. The Balaban J connectivity index is 2.31. The molecule has 2 nitrogen and oxygen atoms in total. The standard InChI is InChI=1S/C12H20N2S2/c1-4-10-9(2)16-11(14-10)12(13-3)5-7-15-8-6-12/h13H,4-8H2,1-3H3. The minimum atomic E-state index is 0.161. The van der Waals surface area contributed by atoms with Gasteiger partial charge in [-0.05, 0) is 44.7 Å². The number of nitrogens with one attached hydrogen (secondary N) is 1. The van der Waals surface area contributed by atoms with Crippen LogP contribution in [0.15, 0.2) is 0 Å². The molecule has 0 aliphatic carbocycles. The van der Waals surface area contributed by atoms with E-state index in [1.165, 1.54) is 39.9 Å². The zero-order valence-electron chi connectivity index (χ0n) is 10.3. The highest BCUT2D eigenvalue weighted by atomic mass is 32.2. The number of thioether (sulfide) groups is 1. The highest BCUT2D eigenvalue weighted by molar-refractivity contribution is 7.99. The Hall–Kier alpha value is -0.0600. The summed E-state index contributed by atoms with van der Waals surface area (Å²) >= 11 is 3.95. The minimum absolute atomic E-state index is 0.161. The van der Waals surface area contributed by atoms with E-state index in [1.54, 1.807) is 0 Å². The molecule has 0 amide bonds. The van der Waals surface area contributed by atoms with Crippen molar-refractivity contribution < 1.29 is 0 Å². The second-order valence-corrected chi connectivity index (χ2v) is 6.75. The third-order valence-electron chi connectivity index (χ3n) is 3.46. The Morgan fingerprint density at radius 3 is 2.56 bits per heavy atom. The van der Waals surface area contributed by atoms with Crippen LogP contribution in [0.1, 0.15) is 35.3 Å². The largest absolute Gasteiger partial charge is 0.308 e. The lowest BCUT2D eigenvalue weighted by Gasteiger charge is -2.35. The number of rotatable bonds is 3. The highest BCUT2D eigenvalue weighted by Gasteiger charge is 2.35. The molecule has 1 aromatic heterocycles. The molecule has 1 N–H and O–H groups in total. The fourth-order valence-corrected chi connectivity index (χ4v) is 4.70. The van der Waals surface area contributed by atoms with Gasteiger partial charge in [0.05, 0.1) is 11.2 Å². The van der Waals surface area contributed by atoms with Gasteiger partial charge in [0.15, 0.2) is 0 Å². The predicted molar refractivity (Wildman–Crippen MR) is 73.5 cm³/mol. The van der Waals surface area contributed by atoms with Crippen molar-refractivity contribution in [1.82, 2.24) is 10.3 Å². The molecule has 4 heteroatoms. The first-order valence-corrected chi connectivity index (χ1v) is 7.92. The van der Waals surface area contributed by atoms with E-state index >= 15 is 0 Å². The third-order valence-corrected chi connectivity index (χ3v) is 5.66. The Labute approximate surface area is 106 Å². The molecule has 1 aliphatic rings. The van der Waals surface area contributed by atoms with E-state index in [9.17, 15) is 0 Å². The van der Waals surface area contributed by atoms with Crippen molar-refractivity contribution in [3.8, 4) is 0 Å². The van der Waals surface area contributed by atoms with E-state index in [-0.39, 0.29) is 5.54 Å². The normalized spacial score (nSPS) is 19.9. The first-order valence-electron chi connectivity index (χ1n) is 5.95. The second kappa shape index (κ2) is 5.07. The molecule has 2 rings (SSSR count). The van der Waals surface area contributed by atoms with Crippen molar-refractivity contribution >= 4 is 23.1 Å². The van der Waals surface area contributed by atoms with E-state index in [1.807, 2.05) is 11.3 Å². The van der Waals surface area contributed by atoms with Gasteiger partial charge >= 0.3 is 0 Å². The van der Waals surface area contributed by atoms with Crippen LogP contribution in [0.3, 0.4) is 0 Å². The van der Waals surface area contributed by atoms with Crippen LogP contribution in [0.5, 0.6) is 0 Å². The Morgan fingerprint density at radius 1 is 1.38 bits per heavy atom. The Kier molecular flexibility index (Phi) is 3.93. The molecular weight excluding hydrogens is 236 g/mol. The van der Waals surface area contributed by atoms with Crippen LogP contribution in [0.25, 0.3) is 0 Å². The van der Waals surface area contributed by atoms with Crippen molar-refractivity contribution in [2.75, 3.05) is 18.6 Å². The number of nitrogens with zero attached hydrogens (tertiary/aromatic N) is 1. The number of hydrogen-bond acceptors (Lipinski definition) is 4. The van der Waals surface area contributed by atoms with Gasteiger partial charge in [0.1, 0.15) is 5.01 Å². The van der Waals surface area contributed by atoms with E-state index in [4.69, 9.17) is 4.98 Å². The smallest absolute Gasteiger partial charge is 0.113 e. The van der Waals surface area contributed by atoms with Gasteiger partial charge in [-0.15, -0.1) is 11.3 Å². The summed E-state index contributed by atoms with van der Waals surface area (Å²) in [6, 6.07) is 0. The molecular formula is C12H20N2S2. The van der Waals surface area contributed by atoms with Gasteiger partial charge in [-0.2, -0.15) is 11.8 Å². The zero-order valence-corrected chi connectivity index (χ0v) is 11.9. The summed E-state index contributed by atoms with van der Waals surface area (Å²) in [5.41, 5.74) is 1.45. The van der Waals surface area contributed by atoms with Gasteiger partial charge in [-0.1, -0.05) is 6.92 Å². The first kappa shape index (κ1) is 12.4. The molecule has 90 valence electrons. The summed E-state index contributed by atoms with van der Waals surface area (Å²) in [7, 11) is 2.08. The summed E-state index contributed by atoms with van der Waals surface area (Å²) < 4.78 is 0. The lowest BCUT2D eigenvalue weighted by Crippen LogP contribution is -2.43. The molecule has 0 radical (unpaired) electrons. The molecule has 0 unspecified atom stereocenters. The lowest BCUT2D eigenvalue weighted by molar-refractivity contribution is 0.331. The molecule has 0 spiro atoms. The minimum Gasteiger partial charge on any atom is -0.308 e. The van der Waals surface area contributed by atoms with Crippen LogP contribution in [-0.4, -0.2) is 23.5 Å². The Morgan fingerprint density at radius 2 is 2.06 bits per heavy atom. The number of aromatic nitrogens is 1. The fraction of sp³-hybridized carbons (Fsp3) is 0.750. The average Bonchev–Trinajstić information content (AvgIpc) is 2.72. The number of hydrogen-bond donors (Lipinski definition) is 1. The maximum Gasteiger partial charge on any atom is 0.113 e. The van der Waals surface area contributed by atoms with Gasteiger partial charge in [0.2, 0.25) is 0 Å². The monoisotopic (exact) mass is 256 g/mol. The van der Waals surface area contributed by atoms with E-state index in [0.717, 1.165) is 6.42 Å². The summed E-state index contributed by atoms with van der Waals surface area (Å²) in [6.45, 7) is 4.38. The number of thiazole rings is 1. The molecule has 1 aromatic rings. The van der Waals surface area contributed by atoms with Gasteiger partial charge in [0, 0.05) is 4.88 Å². The van der Waals surface area contributed by atoms with Gasteiger partial charge in [0.25, 0.3) is 0 Å². The zero-order chi connectivity index (χ0) is 11.6. The van der Waals surface area contributed by atoms with Crippen LogP contribution < -0.4 is 5.32 Å². The predicted octanol–water partition coefficient (Wildman–Crippen LogP) is 2.96. The summed E-state index contributed by atoms with van der Waals surface area (Å²) in [6.07, 6.45) is 3.48. The van der Waals surface area contributed by atoms with Gasteiger partial charge in [-0.25, -0.2) is 4.98 Å². The summed E-state index contributed by atoms with van der Waals surface area (Å²) in [5.74, 6) is 2.50. The molecule has 0 saturated carbocycles. The highest BCUT2D eigenvalue weighted by Crippen LogP contribution is 2.38. The topological polar surface area (TPSA) is 24.9 Å². The number of aryl methyl sites for hydroxylation is 2. The first-order chi connectivity index (χ1) is 7.72.